The zero-order valence-electron chi connectivity index (χ0n) is 12.3. The maximum atomic E-state index is 4.16. The van der Waals surface area contributed by atoms with Crippen molar-refractivity contribution in [1.29, 1.82) is 0 Å². The molecule has 0 bridgehead atoms. The number of thioether (sulfide) groups is 1. The lowest BCUT2D eigenvalue weighted by Crippen LogP contribution is -2.33. The van der Waals surface area contributed by atoms with E-state index in [1.54, 1.807) is 0 Å². The molecule has 112 valence electrons. The molecule has 5 nitrogen and oxygen atoms in total. The fourth-order valence-corrected chi connectivity index (χ4v) is 4.13. The van der Waals surface area contributed by atoms with Crippen LogP contribution in [-0.2, 0) is 0 Å². The summed E-state index contributed by atoms with van der Waals surface area (Å²) in [5.74, 6) is 1.99. The molecule has 20 heavy (non-hydrogen) atoms. The maximum Gasteiger partial charge on any atom is 0.209 e. The van der Waals surface area contributed by atoms with Crippen molar-refractivity contribution in [2.75, 3.05) is 12.3 Å². The third kappa shape index (κ3) is 3.52. The van der Waals surface area contributed by atoms with Crippen LogP contribution in [0.1, 0.15) is 57.9 Å². The molecule has 1 aromatic rings. The maximum absolute atomic E-state index is 4.16. The number of hydrogen-bond acceptors (Lipinski definition) is 5. The van der Waals surface area contributed by atoms with Crippen LogP contribution in [0.3, 0.4) is 0 Å². The Hall–Kier alpha value is -0.620. The summed E-state index contributed by atoms with van der Waals surface area (Å²) in [5.41, 5.74) is 0. The van der Waals surface area contributed by atoms with Crippen molar-refractivity contribution in [3.8, 4) is 0 Å². The molecule has 2 fully saturated rings. The Bertz CT molecular complexity index is 417. The van der Waals surface area contributed by atoms with Crippen LogP contribution in [0.15, 0.2) is 5.16 Å². The van der Waals surface area contributed by atoms with Gasteiger partial charge in [-0.3, -0.25) is 0 Å². The molecule has 6 heteroatoms. The minimum Gasteiger partial charge on any atom is -0.314 e. The first-order valence-electron chi connectivity index (χ1n) is 8.02. The second-order valence-electron chi connectivity index (χ2n) is 6.03. The quantitative estimate of drug-likeness (QED) is 0.747. The number of hydrogen-bond donors (Lipinski definition) is 1. The first kappa shape index (κ1) is 14.3. The molecule has 0 radical (unpaired) electrons. The summed E-state index contributed by atoms with van der Waals surface area (Å²) in [4.78, 5) is 0. The lowest BCUT2D eigenvalue weighted by molar-refractivity contribution is 0.393. The summed E-state index contributed by atoms with van der Waals surface area (Å²) >= 11 is 1.83. The van der Waals surface area contributed by atoms with E-state index in [1.807, 2.05) is 16.4 Å². The normalized spacial score (nSPS) is 26.2. The Morgan fingerprint density at radius 1 is 1.30 bits per heavy atom. The summed E-state index contributed by atoms with van der Waals surface area (Å²) in [6, 6.07) is 1.33. The molecule has 2 atom stereocenters. The summed E-state index contributed by atoms with van der Waals surface area (Å²) in [7, 11) is 0. The van der Waals surface area contributed by atoms with Crippen molar-refractivity contribution >= 4 is 11.8 Å². The standard InChI is InChI=1S/C14H25N5S/c1-2-9-15-13-5-3-4-11(13)8-10-20-14-16-17-18-19(14)12-6-7-12/h11-13,15H,2-10H2,1H3. The zero-order valence-corrected chi connectivity index (χ0v) is 13.1. The van der Waals surface area contributed by atoms with Crippen molar-refractivity contribution in [2.45, 2.75) is 69.1 Å². The number of nitrogens with zero attached hydrogens (tertiary/aromatic N) is 4. The van der Waals surface area contributed by atoms with Crippen LogP contribution < -0.4 is 5.32 Å². The fraction of sp³-hybridized carbons (Fsp3) is 0.929. The highest BCUT2D eigenvalue weighted by atomic mass is 32.2. The van der Waals surface area contributed by atoms with E-state index in [1.165, 1.54) is 44.9 Å². The summed E-state index contributed by atoms with van der Waals surface area (Å²) in [6.45, 7) is 3.40. The van der Waals surface area contributed by atoms with E-state index >= 15 is 0 Å². The molecule has 2 saturated carbocycles. The van der Waals surface area contributed by atoms with Gasteiger partial charge in [0.05, 0.1) is 6.04 Å². The Balaban J connectivity index is 1.43. The van der Waals surface area contributed by atoms with Gasteiger partial charge in [-0.25, -0.2) is 4.68 Å². The predicted molar refractivity (Wildman–Crippen MR) is 80.9 cm³/mol. The van der Waals surface area contributed by atoms with Crippen molar-refractivity contribution in [2.24, 2.45) is 5.92 Å². The van der Waals surface area contributed by atoms with Crippen molar-refractivity contribution in [1.82, 2.24) is 25.5 Å². The molecule has 2 aliphatic rings. The molecule has 1 heterocycles. The van der Waals surface area contributed by atoms with Gasteiger partial charge in [-0.2, -0.15) is 0 Å². The highest BCUT2D eigenvalue weighted by Crippen LogP contribution is 2.37. The molecule has 0 aromatic carbocycles. The molecule has 0 saturated heterocycles. The molecule has 1 N–H and O–H groups in total. The van der Waals surface area contributed by atoms with E-state index in [0.29, 0.717) is 6.04 Å². The molecule has 2 unspecified atom stereocenters. The highest BCUT2D eigenvalue weighted by molar-refractivity contribution is 7.99. The molecular formula is C14H25N5S. The Labute approximate surface area is 125 Å². The van der Waals surface area contributed by atoms with Gasteiger partial charge in [-0.15, -0.1) is 5.10 Å². The van der Waals surface area contributed by atoms with E-state index in [-0.39, 0.29) is 0 Å². The van der Waals surface area contributed by atoms with Gasteiger partial charge in [-0.1, -0.05) is 25.1 Å². The van der Waals surface area contributed by atoms with Gasteiger partial charge in [0.25, 0.3) is 0 Å². The van der Waals surface area contributed by atoms with E-state index in [4.69, 9.17) is 0 Å². The summed E-state index contributed by atoms with van der Waals surface area (Å²) < 4.78 is 2.02. The SMILES string of the molecule is CCCNC1CCCC1CCSc1nnnn1C1CC1. The van der Waals surface area contributed by atoms with E-state index < -0.39 is 0 Å². The smallest absolute Gasteiger partial charge is 0.209 e. The van der Waals surface area contributed by atoms with Crippen molar-refractivity contribution in [3.05, 3.63) is 0 Å². The highest BCUT2D eigenvalue weighted by Gasteiger charge is 2.29. The van der Waals surface area contributed by atoms with Crippen LogP contribution in [0.5, 0.6) is 0 Å². The Morgan fingerprint density at radius 3 is 3.00 bits per heavy atom. The van der Waals surface area contributed by atoms with Gasteiger partial charge in [0.1, 0.15) is 0 Å². The molecule has 0 spiro atoms. The Morgan fingerprint density at radius 2 is 2.20 bits per heavy atom. The van der Waals surface area contributed by atoms with Crippen LogP contribution in [0.25, 0.3) is 0 Å². The van der Waals surface area contributed by atoms with Gasteiger partial charge < -0.3 is 5.32 Å². The van der Waals surface area contributed by atoms with Crippen LogP contribution >= 0.6 is 11.8 Å². The van der Waals surface area contributed by atoms with E-state index in [9.17, 15) is 0 Å². The topological polar surface area (TPSA) is 55.6 Å². The van der Waals surface area contributed by atoms with Gasteiger partial charge in [0.2, 0.25) is 5.16 Å². The van der Waals surface area contributed by atoms with Gasteiger partial charge in [0.15, 0.2) is 0 Å². The molecule has 3 rings (SSSR count). The molecule has 1 aromatic heterocycles. The Kier molecular flexibility index (Phi) is 4.94. The number of rotatable bonds is 8. The minimum atomic E-state index is 0.581. The predicted octanol–water partition coefficient (Wildman–Crippen LogP) is 2.66. The third-order valence-electron chi connectivity index (χ3n) is 4.39. The monoisotopic (exact) mass is 295 g/mol. The number of aromatic nitrogens is 4. The van der Waals surface area contributed by atoms with Gasteiger partial charge in [0, 0.05) is 11.8 Å². The summed E-state index contributed by atoms with van der Waals surface area (Å²) in [5, 5.41) is 16.8. The largest absolute Gasteiger partial charge is 0.314 e. The zero-order chi connectivity index (χ0) is 13.8. The van der Waals surface area contributed by atoms with Crippen LogP contribution in [0.2, 0.25) is 0 Å². The van der Waals surface area contributed by atoms with Crippen molar-refractivity contribution in [3.63, 3.8) is 0 Å². The lowest BCUT2D eigenvalue weighted by atomic mass is 10.0. The average molecular weight is 295 g/mol. The molecule has 0 amide bonds. The van der Waals surface area contributed by atoms with Crippen LogP contribution in [0, 0.1) is 5.92 Å². The molecular weight excluding hydrogens is 270 g/mol. The summed E-state index contributed by atoms with van der Waals surface area (Å²) in [6.07, 6.45) is 9.12. The van der Waals surface area contributed by atoms with E-state index in [0.717, 1.165) is 29.4 Å². The number of tetrazole rings is 1. The van der Waals surface area contributed by atoms with Gasteiger partial charge in [-0.05, 0) is 61.4 Å². The van der Waals surface area contributed by atoms with Crippen LogP contribution in [-0.4, -0.2) is 38.5 Å². The second kappa shape index (κ2) is 6.89. The van der Waals surface area contributed by atoms with Gasteiger partial charge >= 0.3 is 0 Å². The third-order valence-corrected chi connectivity index (χ3v) is 5.36. The second-order valence-corrected chi connectivity index (χ2v) is 7.09. The number of nitrogens with one attached hydrogen (secondary N) is 1. The fourth-order valence-electron chi connectivity index (χ4n) is 3.11. The molecule has 2 aliphatic carbocycles. The minimum absolute atomic E-state index is 0.581. The van der Waals surface area contributed by atoms with Crippen LogP contribution in [0.4, 0.5) is 0 Å². The molecule has 0 aliphatic heterocycles. The first-order chi connectivity index (χ1) is 9.88. The van der Waals surface area contributed by atoms with E-state index in [2.05, 4.69) is 27.8 Å². The van der Waals surface area contributed by atoms with Crippen molar-refractivity contribution < 1.29 is 0 Å². The lowest BCUT2D eigenvalue weighted by Gasteiger charge is -2.20. The average Bonchev–Trinajstić information content (AvgIpc) is 3.03. The first-order valence-corrected chi connectivity index (χ1v) is 9.01.